The number of nitrogens with one attached hydrogen (secondary N) is 1. The molecule has 1 nitrogen and oxygen atoms in total. The van der Waals surface area contributed by atoms with Crippen molar-refractivity contribution < 1.29 is 0 Å². The molecule has 0 aromatic carbocycles. The molecule has 1 fully saturated rings. The smallest absolute Gasteiger partial charge is 0.00462 e. The molecule has 0 radical (unpaired) electrons. The van der Waals surface area contributed by atoms with E-state index in [1.807, 2.05) is 6.08 Å². The van der Waals surface area contributed by atoms with Crippen LogP contribution in [0.4, 0.5) is 0 Å². The molecule has 0 spiro atoms. The van der Waals surface area contributed by atoms with Crippen molar-refractivity contribution in [1.82, 2.24) is 5.32 Å². The second-order valence-electron chi connectivity index (χ2n) is 2.72. The van der Waals surface area contributed by atoms with Crippen LogP contribution in [-0.2, 0) is 0 Å². The molecule has 1 aliphatic heterocycles. The predicted octanol–water partition coefficient (Wildman–Crippen LogP) is 1.56. The second kappa shape index (κ2) is 3.67. The molecule has 0 unspecified atom stereocenters. The third-order valence-corrected chi connectivity index (χ3v) is 1.96. The average Bonchev–Trinajstić information content (AvgIpc) is 1.91. The van der Waals surface area contributed by atoms with Gasteiger partial charge in [0.05, 0.1) is 0 Å². The standard InChI is InChI=1S/C8H15N/c1-2-3-8-4-6-9-7-5-8/h2,8-9H,1,3-7H2. The minimum Gasteiger partial charge on any atom is -0.317 e. The summed E-state index contributed by atoms with van der Waals surface area (Å²) in [6, 6.07) is 0. The van der Waals surface area contributed by atoms with Crippen LogP contribution in [0.15, 0.2) is 12.7 Å². The van der Waals surface area contributed by atoms with E-state index in [1.165, 1.54) is 32.4 Å². The zero-order valence-corrected chi connectivity index (χ0v) is 5.90. The van der Waals surface area contributed by atoms with Crippen LogP contribution in [0.5, 0.6) is 0 Å². The molecule has 0 atom stereocenters. The van der Waals surface area contributed by atoms with Crippen molar-refractivity contribution in [2.75, 3.05) is 13.1 Å². The fourth-order valence-corrected chi connectivity index (χ4v) is 1.35. The third-order valence-electron chi connectivity index (χ3n) is 1.96. The number of allylic oxidation sites excluding steroid dienone is 1. The molecule has 1 aliphatic rings. The van der Waals surface area contributed by atoms with Gasteiger partial charge < -0.3 is 5.32 Å². The largest absolute Gasteiger partial charge is 0.317 e. The lowest BCUT2D eigenvalue weighted by Crippen LogP contribution is -2.27. The van der Waals surface area contributed by atoms with Crippen LogP contribution in [0.25, 0.3) is 0 Å². The maximum Gasteiger partial charge on any atom is -0.00462 e. The lowest BCUT2D eigenvalue weighted by atomic mass is 9.95. The van der Waals surface area contributed by atoms with Gasteiger partial charge in [-0.3, -0.25) is 0 Å². The first-order valence-electron chi connectivity index (χ1n) is 3.75. The fraction of sp³-hybridized carbons (Fsp3) is 0.750. The first-order chi connectivity index (χ1) is 4.43. The Morgan fingerprint density at radius 1 is 1.44 bits per heavy atom. The lowest BCUT2D eigenvalue weighted by molar-refractivity contribution is 0.378. The van der Waals surface area contributed by atoms with Crippen LogP contribution in [-0.4, -0.2) is 13.1 Å². The van der Waals surface area contributed by atoms with Gasteiger partial charge in [0.25, 0.3) is 0 Å². The zero-order chi connectivity index (χ0) is 6.53. The van der Waals surface area contributed by atoms with Crippen LogP contribution in [0.1, 0.15) is 19.3 Å². The minimum absolute atomic E-state index is 0.920. The summed E-state index contributed by atoms with van der Waals surface area (Å²) in [7, 11) is 0. The first kappa shape index (κ1) is 6.81. The van der Waals surface area contributed by atoms with E-state index >= 15 is 0 Å². The van der Waals surface area contributed by atoms with Gasteiger partial charge in [0.1, 0.15) is 0 Å². The number of hydrogen-bond donors (Lipinski definition) is 1. The number of hydrogen-bond acceptors (Lipinski definition) is 1. The molecule has 0 bridgehead atoms. The Kier molecular flexibility index (Phi) is 2.78. The molecule has 0 aromatic heterocycles. The molecule has 1 saturated heterocycles. The van der Waals surface area contributed by atoms with Gasteiger partial charge >= 0.3 is 0 Å². The van der Waals surface area contributed by atoms with Crippen LogP contribution in [0.2, 0.25) is 0 Å². The van der Waals surface area contributed by atoms with E-state index in [0.29, 0.717) is 0 Å². The topological polar surface area (TPSA) is 12.0 Å². The van der Waals surface area contributed by atoms with Gasteiger partial charge in [-0.25, -0.2) is 0 Å². The van der Waals surface area contributed by atoms with E-state index in [-0.39, 0.29) is 0 Å². The van der Waals surface area contributed by atoms with Crippen molar-refractivity contribution in [2.24, 2.45) is 5.92 Å². The van der Waals surface area contributed by atoms with Crippen molar-refractivity contribution in [1.29, 1.82) is 0 Å². The molecule has 0 amide bonds. The Morgan fingerprint density at radius 3 is 2.67 bits per heavy atom. The van der Waals surface area contributed by atoms with Gasteiger partial charge in [0.2, 0.25) is 0 Å². The second-order valence-corrected chi connectivity index (χ2v) is 2.72. The highest BCUT2D eigenvalue weighted by Gasteiger charge is 2.09. The molecule has 9 heavy (non-hydrogen) atoms. The summed E-state index contributed by atoms with van der Waals surface area (Å²) < 4.78 is 0. The van der Waals surface area contributed by atoms with Crippen LogP contribution in [0.3, 0.4) is 0 Å². The SMILES string of the molecule is C=CCC1CCNCC1. The van der Waals surface area contributed by atoms with E-state index in [9.17, 15) is 0 Å². The molecule has 1 rings (SSSR count). The van der Waals surface area contributed by atoms with E-state index in [0.717, 1.165) is 5.92 Å². The van der Waals surface area contributed by atoms with Crippen molar-refractivity contribution in [2.45, 2.75) is 19.3 Å². The fourth-order valence-electron chi connectivity index (χ4n) is 1.35. The number of rotatable bonds is 2. The van der Waals surface area contributed by atoms with Crippen LogP contribution < -0.4 is 5.32 Å². The zero-order valence-electron chi connectivity index (χ0n) is 5.90. The number of piperidine rings is 1. The maximum absolute atomic E-state index is 3.73. The first-order valence-corrected chi connectivity index (χ1v) is 3.75. The molecule has 0 saturated carbocycles. The summed E-state index contributed by atoms with van der Waals surface area (Å²) in [5.41, 5.74) is 0. The Labute approximate surface area is 57.1 Å². The van der Waals surface area contributed by atoms with Crippen molar-refractivity contribution in [3.63, 3.8) is 0 Å². The van der Waals surface area contributed by atoms with Gasteiger partial charge in [0.15, 0.2) is 0 Å². The molecule has 1 N–H and O–H groups in total. The van der Waals surface area contributed by atoms with Gasteiger partial charge in [-0.2, -0.15) is 0 Å². The van der Waals surface area contributed by atoms with Crippen LogP contribution in [0, 0.1) is 5.92 Å². The molecular formula is C8H15N. The highest BCUT2D eigenvalue weighted by atomic mass is 14.9. The van der Waals surface area contributed by atoms with Crippen molar-refractivity contribution >= 4 is 0 Å². The Morgan fingerprint density at radius 2 is 2.11 bits per heavy atom. The molecule has 0 aromatic rings. The highest BCUT2D eigenvalue weighted by molar-refractivity contribution is 4.76. The van der Waals surface area contributed by atoms with Crippen LogP contribution >= 0.6 is 0 Å². The summed E-state index contributed by atoms with van der Waals surface area (Å²) in [5, 5.41) is 3.34. The normalized spacial score (nSPS) is 21.8. The summed E-state index contributed by atoms with van der Waals surface area (Å²) in [4.78, 5) is 0. The Balaban J connectivity index is 2.15. The summed E-state index contributed by atoms with van der Waals surface area (Å²) in [6.07, 6.45) is 5.93. The van der Waals surface area contributed by atoms with Crippen molar-refractivity contribution in [3.05, 3.63) is 12.7 Å². The van der Waals surface area contributed by atoms with Gasteiger partial charge in [-0.05, 0) is 38.3 Å². The molecule has 52 valence electrons. The van der Waals surface area contributed by atoms with Gasteiger partial charge in [-0.1, -0.05) is 6.08 Å². The molecule has 0 aliphatic carbocycles. The molecule has 1 heteroatoms. The van der Waals surface area contributed by atoms with Crippen molar-refractivity contribution in [3.8, 4) is 0 Å². The third kappa shape index (κ3) is 2.19. The molecular weight excluding hydrogens is 110 g/mol. The van der Waals surface area contributed by atoms with E-state index < -0.39 is 0 Å². The summed E-state index contributed by atoms with van der Waals surface area (Å²) in [6.45, 7) is 6.15. The van der Waals surface area contributed by atoms with Gasteiger partial charge in [-0.15, -0.1) is 6.58 Å². The van der Waals surface area contributed by atoms with E-state index in [1.54, 1.807) is 0 Å². The summed E-state index contributed by atoms with van der Waals surface area (Å²) in [5.74, 6) is 0.920. The van der Waals surface area contributed by atoms with Gasteiger partial charge in [0, 0.05) is 0 Å². The lowest BCUT2D eigenvalue weighted by Gasteiger charge is -2.20. The average molecular weight is 125 g/mol. The maximum atomic E-state index is 3.73. The monoisotopic (exact) mass is 125 g/mol. The minimum atomic E-state index is 0.920. The highest BCUT2D eigenvalue weighted by Crippen LogP contribution is 2.15. The van der Waals surface area contributed by atoms with E-state index in [2.05, 4.69) is 11.9 Å². The quantitative estimate of drug-likeness (QED) is 0.552. The van der Waals surface area contributed by atoms with E-state index in [4.69, 9.17) is 0 Å². The Bertz CT molecular complexity index is 82.6. The summed E-state index contributed by atoms with van der Waals surface area (Å²) >= 11 is 0. The Hall–Kier alpha value is -0.300. The predicted molar refractivity (Wildman–Crippen MR) is 40.4 cm³/mol. The molecule has 1 heterocycles.